The van der Waals surface area contributed by atoms with Gasteiger partial charge in [-0.2, -0.15) is 0 Å². The fraction of sp³-hybridized carbons (Fsp3) is 0.529. The van der Waals surface area contributed by atoms with Gasteiger partial charge in [0.25, 0.3) is 0 Å². The van der Waals surface area contributed by atoms with Crippen LogP contribution in [-0.4, -0.2) is 17.5 Å². The van der Waals surface area contributed by atoms with Crippen LogP contribution in [0.4, 0.5) is 0 Å². The number of rotatable bonds is 0. The van der Waals surface area contributed by atoms with E-state index in [-0.39, 0.29) is 0 Å². The van der Waals surface area contributed by atoms with Crippen LogP contribution < -0.4 is 0 Å². The van der Waals surface area contributed by atoms with Gasteiger partial charge in [-0.3, -0.25) is 4.90 Å². The molecule has 0 amide bonds. The molecule has 0 spiro atoms. The first-order valence-corrected chi connectivity index (χ1v) is 7.43. The number of hydrogen-bond acceptors (Lipinski definition) is 1. The zero-order valence-electron chi connectivity index (χ0n) is 11.0. The second-order valence-corrected chi connectivity index (χ2v) is 6.05. The molecule has 1 heteroatoms. The van der Waals surface area contributed by atoms with Crippen molar-refractivity contribution in [1.82, 2.24) is 4.90 Å². The summed E-state index contributed by atoms with van der Waals surface area (Å²) < 4.78 is 0. The lowest BCUT2D eigenvalue weighted by molar-refractivity contribution is 0.176. The van der Waals surface area contributed by atoms with Crippen LogP contribution in [0.2, 0.25) is 0 Å². The lowest BCUT2D eigenvalue weighted by Gasteiger charge is -2.44. The molecule has 0 bridgehead atoms. The van der Waals surface area contributed by atoms with Crippen molar-refractivity contribution in [3.8, 4) is 0 Å². The Balaban J connectivity index is 1.72. The second kappa shape index (κ2) is 4.24. The van der Waals surface area contributed by atoms with Gasteiger partial charge in [0.15, 0.2) is 0 Å². The van der Waals surface area contributed by atoms with E-state index in [4.69, 9.17) is 0 Å². The molecule has 0 saturated carbocycles. The molecular formula is C17H21N. The summed E-state index contributed by atoms with van der Waals surface area (Å²) in [6, 6.07) is 9.78. The van der Waals surface area contributed by atoms with Crippen molar-refractivity contribution in [1.29, 1.82) is 0 Å². The summed E-state index contributed by atoms with van der Waals surface area (Å²) in [5.41, 5.74) is 6.80. The second-order valence-electron chi connectivity index (χ2n) is 6.05. The van der Waals surface area contributed by atoms with Crippen molar-refractivity contribution >= 4 is 0 Å². The van der Waals surface area contributed by atoms with E-state index >= 15 is 0 Å². The molecule has 3 aliphatic rings. The van der Waals surface area contributed by atoms with Crippen molar-refractivity contribution in [2.75, 3.05) is 6.54 Å². The lowest BCUT2D eigenvalue weighted by atomic mass is 9.78. The van der Waals surface area contributed by atoms with E-state index in [2.05, 4.69) is 29.2 Å². The average Bonchev–Trinajstić information content (AvgIpc) is 2.45. The van der Waals surface area contributed by atoms with Crippen LogP contribution in [-0.2, 0) is 13.0 Å². The first kappa shape index (κ1) is 10.8. The highest BCUT2D eigenvalue weighted by atomic mass is 15.2. The van der Waals surface area contributed by atoms with Crippen LogP contribution in [0, 0.1) is 0 Å². The lowest BCUT2D eigenvalue weighted by Crippen LogP contribution is -2.45. The van der Waals surface area contributed by atoms with E-state index in [9.17, 15) is 0 Å². The van der Waals surface area contributed by atoms with Gasteiger partial charge in [0.2, 0.25) is 0 Å². The van der Waals surface area contributed by atoms with Gasteiger partial charge in [0.05, 0.1) is 0 Å². The molecule has 0 radical (unpaired) electrons. The Bertz CT molecular complexity index is 500. The predicted molar refractivity (Wildman–Crippen MR) is 74.5 cm³/mol. The minimum absolute atomic E-state index is 0.740. The molecule has 18 heavy (non-hydrogen) atoms. The van der Waals surface area contributed by atoms with Crippen molar-refractivity contribution in [2.24, 2.45) is 0 Å². The molecule has 2 heterocycles. The largest absolute Gasteiger partial charge is 0.292 e. The van der Waals surface area contributed by atoms with Gasteiger partial charge < -0.3 is 0 Å². The molecule has 4 rings (SSSR count). The average molecular weight is 239 g/mol. The van der Waals surface area contributed by atoms with E-state index in [1.54, 1.807) is 11.1 Å². The first-order chi connectivity index (χ1) is 8.92. The predicted octanol–water partition coefficient (Wildman–Crippen LogP) is 3.69. The summed E-state index contributed by atoms with van der Waals surface area (Å²) in [7, 11) is 0. The van der Waals surface area contributed by atoms with Gasteiger partial charge in [0.1, 0.15) is 0 Å². The van der Waals surface area contributed by atoms with E-state index < -0.39 is 0 Å². The van der Waals surface area contributed by atoms with Crippen molar-refractivity contribution in [3.05, 3.63) is 46.5 Å². The Morgan fingerprint density at radius 2 is 1.78 bits per heavy atom. The Labute approximate surface area is 109 Å². The quantitative estimate of drug-likeness (QED) is 0.624. The van der Waals surface area contributed by atoms with Crippen molar-refractivity contribution in [3.63, 3.8) is 0 Å². The Morgan fingerprint density at radius 3 is 2.72 bits per heavy atom. The third-order valence-corrected chi connectivity index (χ3v) is 5.08. The Morgan fingerprint density at radius 1 is 0.944 bits per heavy atom. The fourth-order valence-corrected chi connectivity index (χ4v) is 4.11. The summed E-state index contributed by atoms with van der Waals surface area (Å²) in [6.45, 7) is 2.47. The summed E-state index contributed by atoms with van der Waals surface area (Å²) in [4.78, 5) is 2.73. The number of benzene rings is 1. The Hall–Kier alpha value is -1.08. The van der Waals surface area contributed by atoms with Crippen LogP contribution in [0.1, 0.15) is 43.2 Å². The van der Waals surface area contributed by atoms with Crippen molar-refractivity contribution in [2.45, 2.75) is 51.1 Å². The monoisotopic (exact) mass is 239 g/mol. The fourth-order valence-electron chi connectivity index (χ4n) is 4.11. The normalized spacial score (nSPS) is 27.4. The van der Waals surface area contributed by atoms with Crippen molar-refractivity contribution < 1.29 is 0 Å². The van der Waals surface area contributed by atoms with E-state index in [0.29, 0.717) is 0 Å². The molecular weight excluding hydrogens is 218 g/mol. The first-order valence-electron chi connectivity index (χ1n) is 7.43. The highest BCUT2D eigenvalue weighted by molar-refractivity contribution is 5.36. The molecule has 1 aromatic carbocycles. The molecule has 1 aliphatic carbocycles. The van der Waals surface area contributed by atoms with Crippen LogP contribution in [0.15, 0.2) is 35.4 Å². The molecule has 94 valence electrons. The van der Waals surface area contributed by atoms with E-state index in [1.165, 1.54) is 51.6 Å². The van der Waals surface area contributed by atoms with Gasteiger partial charge in [-0.25, -0.2) is 0 Å². The van der Waals surface area contributed by atoms with Crippen LogP contribution in [0.5, 0.6) is 0 Å². The standard InChI is InChI=1S/C17H21N/c1-2-7-15-12-18-10-9-13-5-3-4-8-16(13)17(18)11-14(15)6-1/h1-2,6-7,17H,3-5,8-12H2. The maximum atomic E-state index is 2.73. The van der Waals surface area contributed by atoms with E-state index in [0.717, 1.165) is 6.04 Å². The molecule has 1 unspecified atom stereocenters. The summed E-state index contributed by atoms with van der Waals surface area (Å²) in [5, 5.41) is 0. The molecule has 2 aliphatic heterocycles. The molecule has 1 aromatic rings. The zero-order valence-corrected chi connectivity index (χ0v) is 11.0. The maximum Gasteiger partial charge on any atom is 0.0354 e. The van der Waals surface area contributed by atoms with Gasteiger partial charge in [-0.15, -0.1) is 0 Å². The highest BCUT2D eigenvalue weighted by Gasteiger charge is 2.33. The zero-order chi connectivity index (χ0) is 11.9. The molecule has 0 aromatic heterocycles. The highest BCUT2D eigenvalue weighted by Crippen LogP contribution is 2.39. The number of hydrogen-bond donors (Lipinski definition) is 0. The molecule has 0 saturated heterocycles. The minimum atomic E-state index is 0.740. The number of nitrogens with zero attached hydrogens (tertiary/aromatic N) is 1. The summed E-state index contributed by atoms with van der Waals surface area (Å²) in [6.07, 6.45) is 8.22. The Kier molecular flexibility index (Phi) is 2.54. The van der Waals surface area contributed by atoms with Crippen LogP contribution in [0.25, 0.3) is 0 Å². The molecule has 1 atom stereocenters. The molecule has 0 N–H and O–H groups in total. The summed E-state index contributed by atoms with van der Waals surface area (Å²) >= 11 is 0. The molecule has 0 fully saturated rings. The maximum absolute atomic E-state index is 2.73. The SMILES string of the molecule is c1ccc2c(c1)CC1C3=C(CCCC3)CCN1C2. The van der Waals surface area contributed by atoms with Gasteiger partial charge in [-0.1, -0.05) is 35.4 Å². The smallest absolute Gasteiger partial charge is 0.0354 e. The van der Waals surface area contributed by atoms with Gasteiger partial charge >= 0.3 is 0 Å². The summed E-state index contributed by atoms with van der Waals surface area (Å²) in [5.74, 6) is 0. The topological polar surface area (TPSA) is 3.24 Å². The third-order valence-electron chi connectivity index (χ3n) is 5.08. The molecule has 1 nitrogen and oxygen atoms in total. The third kappa shape index (κ3) is 1.65. The van der Waals surface area contributed by atoms with Gasteiger partial charge in [0, 0.05) is 19.1 Å². The van der Waals surface area contributed by atoms with Gasteiger partial charge in [-0.05, 0) is 49.7 Å². The van der Waals surface area contributed by atoms with Crippen LogP contribution in [0.3, 0.4) is 0 Å². The van der Waals surface area contributed by atoms with E-state index in [1.807, 2.05) is 11.1 Å². The minimum Gasteiger partial charge on any atom is -0.292 e. The van der Waals surface area contributed by atoms with Crippen LogP contribution >= 0.6 is 0 Å². The number of fused-ring (bicyclic) bond motifs is 3.